The average Bonchev–Trinajstić information content (AvgIpc) is 3.69. The lowest BCUT2D eigenvalue weighted by Crippen LogP contribution is -2.17. The van der Waals surface area contributed by atoms with Gasteiger partial charge in [0.2, 0.25) is 0 Å². The number of hydrogen-bond acceptors (Lipinski definition) is 7. The van der Waals surface area contributed by atoms with Gasteiger partial charge >= 0.3 is 6.09 Å². The highest BCUT2D eigenvalue weighted by molar-refractivity contribution is 5.88. The van der Waals surface area contributed by atoms with Gasteiger partial charge in [-0.2, -0.15) is 5.26 Å². The number of halogens is 1. The molecule has 0 aliphatic carbocycles. The molecular weight excluding hydrogens is 453 g/mol. The summed E-state index contributed by atoms with van der Waals surface area (Å²) in [5, 5.41) is 12.5. The van der Waals surface area contributed by atoms with Gasteiger partial charge < -0.3 is 18.9 Å². The fourth-order valence-corrected chi connectivity index (χ4v) is 3.31. The lowest BCUT2D eigenvalue weighted by atomic mass is 10.1. The molecule has 1 aromatic heterocycles. The number of ether oxygens (including phenoxy) is 4. The van der Waals surface area contributed by atoms with Gasteiger partial charge in [-0.25, -0.2) is 9.18 Å². The Morgan fingerprint density at radius 2 is 1.94 bits per heavy atom. The number of nitriles is 1. The Balaban J connectivity index is 1.33. The Kier molecular flexibility index (Phi) is 6.11. The maximum Gasteiger partial charge on any atom is 0.417 e. The number of anilines is 1. The van der Waals surface area contributed by atoms with E-state index >= 15 is 0 Å². The third kappa shape index (κ3) is 5.29. The number of hydrogen-bond donors (Lipinski definition) is 1. The van der Waals surface area contributed by atoms with Crippen LogP contribution in [-0.2, 0) is 4.74 Å². The Morgan fingerprint density at radius 3 is 2.69 bits per heavy atom. The Bertz CT molecular complexity index is 1430. The van der Waals surface area contributed by atoms with Crippen LogP contribution in [0.25, 0.3) is 10.9 Å². The SMILES string of the molecule is N#Cc1cc2c(Oc3ccc(NC(=O)Oc4ccccc4)c(F)c3)ccnc2cc1OCC1CO1. The van der Waals surface area contributed by atoms with Crippen LogP contribution in [0.2, 0.25) is 0 Å². The highest BCUT2D eigenvalue weighted by Gasteiger charge is 2.24. The molecule has 1 fully saturated rings. The van der Waals surface area contributed by atoms with Crippen molar-refractivity contribution in [1.29, 1.82) is 5.26 Å². The summed E-state index contributed by atoms with van der Waals surface area (Å²) in [4.78, 5) is 16.4. The van der Waals surface area contributed by atoms with Gasteiger partial charge in [0.25, 0.3) is 0 Å². The van der Waals surface area contributed by atoms with Gasteiger partial charge in [0.05, 0.1) is 23.4 Å². The Labute approximate surface area is 199 Å². The molecule has 35 heavy (non-hydrogen) atoms. The summed E-state index contributed by atoms with van der Waals surface area (Å²) in [5.41, 5.74) is 0.806. The molecule has 1 unspecified atom stereocenters. The van der Waals surface area contributed by atoms with Crippen molar-refractivity contribution < 1.29 is 28.1 Å². The van der Waals surface area contributed by atoms with Gasteiger partial charge in [0.1, 0.15) is 41.8 Å². The molecule has 1 atom stereocenters. The van der Waals surface area contributed by atoms with Crippen LogP contribution in [0.3, 0.4) is 0 Å². The van der Waals surface area contributed by atoms with Crippen LogP contribution in [0.4, 0.5) is 14.9 Å². The van der Waals surface area contributed by atoms with E-state index in [0.29, 0.717) is 46.9 Å². The molecule has 2 heterocycles. The van der Waals surface area contributed by atoms with Crippen molar-refractivity contribution in [3.05, 3.63) is 84.3 Å². The summed E-state index contributed by atoms with van der Waals surface area (Å²) in [7, 11) is 0. The number of benzene rings is 3. The van der Waals surface area contributed by atoms with Crippen molar-refractivity contribution in [3.8, 4) is 29.1 Å². The number of nitrogens with zero attached hydrogens (tertiary/aromatic N) is 2. The van der Waals surface area contributed by atoms with Crippen molar-refractivity contribution in [2.24, 2.45) is 0 Å². The van der Waals surface area contributed by atoms with Crippen LogP contribution >= 0.6 is 0 Å². The van der Waals surface area contributed by atoms with Crippen LogP contribution in [0.5, 0.6) is 23.0 Å². The van der Waals surface area contributed by atoms with Crippen LogP contribution in [0.1, 0.15) is 5.56 Å². The number of nitrogens with one attached hydrogen (secondary N) is 1. The summed E-state index contributed by atoms with van der Waals surface area (Å²) in [6.45, 7) is 1.000. The number of amides is 1. The number of carbonyl (C=O) groups excluding carboxylic acids is 1. The molecule has 1 aliphatic heterocycles. The zero-order valence-electron chi connectivity index (χ0n) is 18.2. The van der Waals surface area contributed by atoms with Crippen molar-refractivity contribution in [1.82, 2.24) is 4.98 Å². The zero-order valence-corrected chi connectivity index (χ0v) is 18.2. The lowest BCUT2D eigenvalue weighted by Gasteiger charge is -2.12. The topological polar surface area (TPSA) is 106 Å². The minimum absolute atomic E-state index is 0.0485. The number of fused-ring (bicyclic) bond motifs is 1. The number of aromatic nitrogens is 1. The second-order valence-corrected chi connectivity index (χ2v) is 7.62. The van der Waals surface area contributed by atoms with E-state index < -0.39 is 11.9 Å². The predicted octanol–water partition coefficient (Wildman–Crippen LogP) is 5.43. The van der Waals surface area contributed by atoms with E-state index in [4.69, 9.17) is 18.9 Å². The molecule has 1 saturated heterocycles. The van der Waals surface area contributed by atoms with E-state index in [1.165, 1.54) is 12.1 Å². The van der Waals surface area contributed by atoms with Gasteiger partial charge in [-0.05, 0) is 36.4 Å². The van der Waals surface area contributed by atoms with E-state index in [0.717, 1.165) is 6.07 Å². The van der Waals surface area contributed by atoms with Crippen molar-refractivity contribution in [3.63, 3.8) is 0 Å². The molecule has 1 N–H and O–H groups in total. The third-order valence-electron chi connectivity index (χ3n) is 5.11. The fraction of sp³-hybridized carbons (Fsp3) is 0.115. The van der Waals surface area contributed by atoms with Gasteiger partial charge in [0, 0.05) is 23.7 Å². The second kappa shape index (κ2) is 9.67. The van der Waals surface area contributed by atoms with Crippen LogP contribution in [0.15, 0.2) is 72.9 Å². The number of para-hydroxylation sites is 1. The Hall–Kier alpha value is -4.68. The molecular formula is C26H18FN3O5. The summed E-state index contributed by atoms with van der Waals surface area (Å²) in [6.07, 6.45) is 0.773. The second-order valence-electron chi connectivity index (χ2n) is 7.62. The number of epoxide rings is 1. The molecule has 8 nitrogen and oxygen atoms in total. The summed E-state index contributed by atoms with van der Waals surface area (Å²) < 4.78 is 36.5. The minimum atomic E-state index is -0.820. The van der Waals surface area contributed by atoms with Gasteiger partial charge in [-0.3, -0.25) is 10.3 Å². The lowest BCUT2D eigenvalue weighted by molar-refractivity contribution is 0.215. The first-order chi connectivity index (χ1) is 17.1. The molecule has 174 valence electrons. The number of carbonyl (C=O) groups is 1. The van der Waals surface area contributed by atoms with E-state index in [-0.39, 0.29) is 17.5 Å². The molecule has 4 aromatic rings. The minimum Gasteiger partial charge on any atom is -0.489 e. The quantitative estimate of drug-likeness (QED) is 0.358. The summed E-state index contributed by atoms with van der Waals surface area (Å²) in [6, 6.07) is 19.5. The molecule has 9 heteroatoms. The van der Waals surface area contributed by atoms with Crippen LogP contribution < -0.4 is 19.5 Å². The van der Waals surface area contributed by atoms with Crippen LogP contribution in [-0.4, -0.2) is 30.4 Å². The zero-order chi connectivity index (χ0) is 24.2. The molecule has 0 saturated carbocycles. The number of pyridine rings is 1. The first-order valence-electron chi connectivity index (χ1n) is 10.7. The maximum atomic E-state index is 14.7. The van der Waals surface area contributed by atoms with E-state index in [2.05, 4.69) is 16.4 Å². The molecule has 1 aliphatic rings. The third-order valence-corrected chi connectivity index (χ3v) is 5.11. The van der Waals surface area contributed by atoms with E-state index in [1.807, 2.05) is 0 Å². The van der Waals surface area contributed by atoms with Crippen molar-refractivity contribution >= 4 is 22.7 Å². The van der Waals surface area contributed by atoms with Crippen LogP contribution in [0, 0.1) is 17.1 Å². The first kappa shape index (κ1) is 22.1. The average molecular weight is 471 g/mol. The molecule has 3 aromatic carbocycles. The monoisotopic (exact) mass is 471 g/mol. The van der Waals surface area contributed by atoms with Gasteiger partial charge in [0.15, 0.2) is 5.82 Å². The molecule has 0 radical (unpaired) electrons. The predicted molar refractivity (Wildman–Crippen MR) is 124 cm³/mol. The van der Waals surface area contributed by atoms with Gasteiger partial charge in [-0.1, -0.05) is 18.2 Å². The largest absolute Gasteiger partial charge is 0.489 e. The highest BCUT2D eigenvalue weighted by Crippen LogP contribution is 2.34. The fourth-order valence-electron chi connectivity index (χ4n) is 3.31. The van der Waals surface area contributed by atoms with Crippen molar-refractivity contribution in [2.75, 3.05) is 18.5 Å². The van der Waals surface area contributed by atoms with Gasteiger partial charge in [-0.15, -0.1) is 0 Å². The number of rotatable bonds is 7. The normalized spacial score (nSPS) is 14.1. The Morgan fingerprint density at radius 1 is 1.11 bits per heavy atom. The summed E-state index contributed by atoms with van der Waals surface area (Å²) in [5.74, 6) is 0.612. The first-order valence-corrected chi connectivity index (χ1v) is 10.7. The van der Waals surface area contributed by atoms with Crippen molar-refractivity contribution in [2.45, 2.75) is 6.10 Å². The molecule has 5 rings (SSSR count). The molecule has 1 amide bonds. The molecule has 0 spiro atoms. The highest BCUT2D eigenvalue weighted by atomic mass is 19.1. The van der Waals surface area contributed by atoms with E-state index in [9.17, 15) is 14.4 Å². The van der Waals surface area contributed by atoms with E-state index in [1.54, 1.807) is 54.7 Å². The summed E-state index contributed by atoms with van der Waals surface area (Å²) >= 11 is 0. The standard InChI is InChI=1S/C26H18FN3O5/c27-21-11-18(6-7-22(21)30-26(31)35-17-4-2-1-3-5-17)34-24-8-9-29-23-12-25(33-15-19-14-32-19)16(13-28)10-20(23)24/h1-12,19H,14-15H2,(H,30,31). The smallest absolute Gasteiger partial charge is 0.417 e. The maximum absolute atomic E-state index is 14.7. The molecule has 0 bridgehead atoms.